The van der Waals surface area contributed by atoms with Gasteiger partial charge in [0.1, 0.15) is 0 Å². The molecule has 100 valence electrons. The van der Waals surface area contributed by atoms with Crippen LogP contribution in [0.15, 0.2) is 18.2 Å². The zero-order valence-corrected chi connectivity index (χ0v) is 10.9. The minimum atomic E-state index is -0.478. The summed E-state index contributed by atoms with van der Waals surface area (Å²) in [4.78, 5) is 11.4. The van der Waals surface area contributed by atoms with Crippen LogP contribution in [0.25, 0.3) is 0 Å². The highest BCUT2D eigenvalue weighted by atomic mass is 16.5. The van der Waals surface area contributed by atoms with Crippen LogP contribution in [0.2, 0.25) is 0 Å². The maximum atomic E-state index is 11.4. The SMILES string of the molecule is CCOC(=O)C[C@H](N)c1cccc(OC)c1OC. The highest BCUT2D eigenvalue weighted by Crippen LogP contribution is 2.34. The Labute approximate surface area is 107 Å². The molecule has 5 heteroatoms. The summed E-state index contributed by atoms with van der Waals surface area (Å²) in [5.74, 6) is 0.820. The maximum absolute atomic E-state index is 11.4. The van der Waals surface area contributed by atoms with Gasteiger partial charge in [-0.2, -0.15) is 0 Å². The van der Waals surface area contributed by atoms with Gasteiger partial charge in [-0.05, 0) is 13.0 Å². The molecule has 0 radical (unpaired) electrons. The van der Waals surface area contributed by atoms with Crippen LogP contribution in [0.4, 0.5) is 0 Å². The Balaban J connectivity index is 2.91. The van der Waals surface area contributed by atoms with Gasteiger partial charge < -0.3 is 19.9 Å². The van der Waals surface area contributed by atoms with Crippen LogP contribution < -0.4 is 15.2 Å². The van der Waals surface area contributed by atoms with Gasteiger partial charge in [0.2, 0.25) is 0 Å². The number of hydrogen-bond acceptors (Lipinski definition) is 5. The monoisotopic (exact) mass is 253 g/mol. The first kappa shape index (κ1) is 14.3. The molecule has 0 aliphatic rings. The van der Waals surface area contributed by atoms with Crippen LogP contribution in [0.3, 0.4) is 0 Å². The number of rotatable bonds is 6. The summed E-state index contributed by atoms with van der Waals surface area (Å²) in [6.07, 6.45) is 0.108. The van der Waals surface area contributed by atoms with Gasteiger partial charge in [0, 0.05) is 11.6 Å². The van der Waals surface area contributed by atoms with Crippen LogP contribution in [0.1, 0.15) is 24.9 Å². The van der Waals surface area contributed by atoms with Crippen molar-refractivity contribution in [2.45, 2.75) is 19.4 Å². The molecule has 0 saturated heterocycles. The van der Waals surface area contributed by atoms with Crippen molar-refractivity contribution in [3.8, 4) is 11.5 Å². The summed E-state index contributed by atoms with van der Waals surface area (Å²) >= 11 is 0. The van der Waals surface area contributed by atoms with Crippen LogP contribution in [-0.4, -0.2) is 26.8 Å². The van der Waals surface area contributed by atoms with Gasteiger partial charge in [-0.25, -0.2) is 0 Å². The number of carbonyl (C=O) groups excluding carboxylic acids is 1. The lowest BCUT2D eigenvalue weighted by molar-refractivity contribution is -0.143. The van der Waals surface area contributed by atoms with E-state index in [0.717, 1.165) is 5.56 Å². The summed E-state index contributed by atoms with van der Waals surface area (Å²) < 4.78 is 15.3. The second kappa shape index (κ2) is 6.86. The molecule has 0 amide bonds. The molecule has 2 N–H and O–H groups in total. The van der Waals surface area contributed by atoms with E-state index in [1.807, 2.05) is 12.1 Å². The van der Waals surface area contributed by atoms with Gasteiger partial charge in [0.15, 0.2) is 11.5 Å². The van der Waals surface area contributed by atoms with Crippen molar-refractivity contribution >= 4 is 5.97 Å². The lowest BCUT2D eigenvalue weighted by atomic mass is 10.0. The van der Waals surface area contributed by atoms with Gasteiger partial charge in [0.25, 0.3) is 0 Å². The largest absolute Gasteiger partial charge is 0.493 e. The Kier molecular flexibility index (Phi) is 5.45. The molecule has 5 nitrogen and oxygen atoms in total. The predicted octanol–water partition coefficient (Wildman–Crippen LogP) is 1.66. The molecular weight excluding hydrogens is 234 g/mol. The molecule has 1 aromatic rings. The van der Waals surface area contributed by atoms with E-state index in [2.05, 4.69) is 0 Å². The third-order valence-corrected chi connectivity index (χ3v) is 2.52. The summed E-state index contributed by atoms with van der Waals surface area (Å²) in [5, 5.41) is 0. The lowest BCUT2D eigenvalue weighted by Gasteiger charge is -2.17. The molecule has 0 unspecified atom stereocenters. The third kappa shape index (κ3) is 3.37. The van der Waals surface area contributed by atoms with Crippen molar-refractivity contribution in [1.29, 1.82) is 0 Å². The molecule has 0 spiro atoms. The van der Waals surface area contributed by atoms with Crippen molar-refractivity contribution in [3.05, 3.63) is 23.8 Å². The second-order valence-electron chi connectivity index (χ2n) is 3.70. The highest BCUT2D eigenvalue weighted by Gasteiger charge is 2.18. The number of esters is 1. The lowest BCUT2D eigenvalue weighted by Crippen LogP contribution is -2.18. The molecule has 0 aliphatic carbocycles. The van der Waals surface area contributed by atoms with Gasteiger partial charge >= 0.3 is 5.97 Å². The van der Waals surface area contributed by atoms with Crippen molar-refractivity contribution in [1.82, 2.24) is 0 Å². The van der Waals surface area contributed by atoms with Crippen molar-refractivity contribution in [3.63, 3.8) is 0 Å². The van der Waals surface area contributed by atoms with E-state index in [-0.39, 0.29) is 12.4 Å². The van der Waals surface area contributed by atoms with E-state index in [9.17, 15) is 4.79 Å². The first-order chi connectivity index (χ1) is 8.63. The number of carbonyl (C=O) groups is 1. The Hall–Kier alpha value is -1.75. The quantitative estimate of drug-likeness (QED) is 0.781. The van der Waals surface area contributed by atoms with E-state index < -0.39 is 6.04 Å². The van der Waals surface area contributed by atoms with E-state index >= 15 is 0 Å². The minimum absolute atomic E-state index is 0.108. The van der Waals surface area contributed by atoms with E-state index in [1.54, 1.807) is 27.2 Å². The molecule has 1 rings (SSSR count). The predicted molar refractivity (Wildman–Crippen MR) is 67.7 cm³/mol. The van der Waals surface area contributed by atoms with E-state index in [1.165, 1.54) is 0 Å². The van der Waals surface area contributed by atoms with Gasteiger partial charge in [-0.3, -0.25) is 4.79 Å². The zero-order chi connectivity index (χ0) is 13.5. The van der Waals surface area contributed by atoms with Crippen molar-refractivity contribution in [2.75, 3.05) is 20.8 Å². The number of ether oxygens (including phenoxy) is 3. The summed E-state index contributed by atoms with van der Waals surface area (Å²) in [6.45, 7) is 2.11. The Morgan fingerprint density at radius 3 is 2.61 bits per heavy atom. The average Bonchev–Trinajstić information content (AvgIpc) is 2.37. The first-order valence-electron chi connectivity index (χ1n) is 5.76. The van der Waals surface area contributed by atoms with Gasteiger partial charge in [0.05, 0.1) is 27.2 Å². The minimum Gasteiger partial charge on any atom is -0.493 e. The van der Waals surface area contributed by atoms with Crippen LogP contribution in [0, 0.1) is 0 Å². The van der Waals surface area contributed by atoms with Gasteiger partial charge in [-0.15, -0.1) is 0 Å². The van der Waals surface area contributed by atoms with Gasteiger partial charge in [-0.1, -0.05) is 12.1 Å². The smallest absolute Gasteiger partial charge is 0.307 e. The van der Waals surface area contributed by atoms with Crippen molar-refractivity contribution < 1.29 is 19.0 Å². The number of methoxy groups -OCH3 is 2. The standard InChI is InChI=1S/C13H19NO4/c1-4-18-12(15)8-10(14)9-6-5-7-11(16-2)13(9)17-3/h5-7,10H,4,8,14H2,1-3H3/t10-/m0/s1. The zero-order valence-electron chi connectivity index (χ0n) is 10.9. The molecule has 18 heavy (non-hydrogen) atoms. The molecule has 1 atom stereocenters. The summed E-state index contributed by atoms with van der Waals surface area (Å²) in [6, 6.07) is 4.92. The maximum Gasteiger partial charge on any atom is 0.307 e. The van der Waals surface area contributed by atoms with Crippen LogP contribution in [-0.2, 0) is 9.53 Å². The average molecular weight is 253 g/mol. The normalized spacial score (nSPS) is 11.8. The Bertz CT molecular complexity index is 406. The fourth-order valence-corrected chi connectivity index (χ4v) is 1.71. The highest BCUT2D eigenvalue weighted by molar-refractivity contribution is 5.70. The molecular formula is C13H19NO4. The Morgan fingerprint density at radius 1 is 1.33 bits per heavy atom. The fourth-order valence-electron chi connectivity index (χ4n) is 1.71. The van der Waals surface area contributed by atoms with Crippen LogP contribution in [0.5, 0.6) is 11.5 Å². The number of hydrogen-bond donors (Lipinski definition) is 1. The Morgan fingerprint density at radius 2 is 2.06 bits per heavy atom. The first-order valence-corrected chi connectivity index (χ1v) is 5.76. The molecule has 0 fully saturated rings. The molecule has 1 aromatic carbocycles. The molecule has 0 bridgehead atoms. The topological polar surface area (TPSA) is 70.8 Å². The molecule has 0 aromatic heterocycles. The third-order valence-electron chi connectivity index (χ3n) is 2.52. The fraction of sp³-hybridized carbons (Fsp3) is 0.462. The molecule has 0 aliphatic heterocycles. The number of nitrogens with two attached hydrogens (primary N) is 1. The second-order valence-corrected chi connectivity index (χ2v) is 3.70. The number of para-hydroxylation sites is 1. The van der Waals surface area contributed by atoms with E-state index in [4.69, 9.17) is 19.9 Å². The molecule has 0 saturated carbocycles. The number of benzene rings is 1. The summed E-state index contributed by atoms with van der Waals surface area (Å²) in [5.41, 5.74) is 6.72. The van der Waals surface area contributed by atoms with Crippen LogP contribution >= 0.6 is 0 Å². The summed E-state index contributed by atoms with van der Waals surface area (Å²) in [7, 11) is 3.09. The molecule has 0 heterocycles. The van der Waals surface area contributed by atoms with E-state index in [0.29, 0.717) is 18.1 Å². The van der Waals surface area contributed by atoms with Crippen molar-refractivity contribution in [2.24, 2.45) is 5.73 Å².